The highest BCUT2D eigenvalue weighted by atomic mass is 19.1. The summed E-state index contributed by atoms with van der Waals surface area (Å²) in [6.07, 6.45) is 0.869. The molecule has 1 aromatic carbocycles. The molecule has 0 saturated carbocycles. The van der Waals surface area contributed by atoms with E-state index in [9.17, 15) is 9.18 Å². The van der Waals surface area contributed by atoms with Gasteiger partial charge in [0.25, 0.3) is 0 Å². The number of carbonyl (C=O) groups is 1. The summed E-state index contributed by atoms with van der Waals surface area (Å²) < 4.78 is 23.9. The summed E-state index contributed by atoms with van der Waals surface area (Å²) in [6.45, 7) is 6.05. The van der Waals surface area contributed by atoms with Gasteiger partial charge in [0.1, 0.15) is 11.4 Å². The van der Waals surface area contributed by atoms with Crippen LogP contribution in [0.25, 0.3) is 0 Å². The third-order valence-corrected chi connectivity index (χ3v) is 3.25. The van der Waals surface area contributed by atoms with E-state index in [0.29, 0.717) is 13.0 Å². The third kappa shape index (κ3) is 5.01. The van der Waals surface area contributed by atoms with Gasteiger partial charge in [-0.15, -0.1) is 0 Å². The molecule has 1 aliphatic heterocycles. The molecule has 1 aliphatic rings. The number of hydrogen-bond donors (Lipinski definition) is 1. The van der Waals surface area contributed by atoms with E-state index in [4.69, 9.17) is 9.47 Å². The maximum atomic E-state index is 12.9. The van der Waals surface area contributed by atoms with E-state index in [0.717, 1.165) is 12.0 Å². The summed E-state index contributed by atoms with van der Waals surface area (Å²) in [6, 6.07) is 6.28. The normalized spacial score (nSPS) is 22.7. The summed E-state index contributed by atoms with van der Waals surface area (Å²) in [4.78, 5) is 11.8. The van der Waals surface area contributed by atoms with Crippen LogP contribution in [-0.2, 0) is 9.47 Å². The van der Waals surface area contributed by atoms with Gasteiger partial charge in [-0.05, 0) is 51.3 Å². The molecular formula is C16H22FNO3. The van der Waals surface area contributed by atoms with Crippen LogP contribution in [0.15, 0.2) is 24.3 Å². The van der Waals surface area contributed by atoms with Gasteiger partial charge in [0.15, 0.2) is 0 Å². The fourth-order valence-electron chi connectivity index (χ4n) is 2.31. The number of nitrogens with one attached hydrogen (secondary N) is 1. The second-order valence-corrected chi connectivity index (χ2v) is 6.28. The topological polar surface area (TPSA) is 47.6 Å². The molecule has 2 rings (SSSR count). The smallest absolute Gasteiger partial charge is 0.407 e. The van der Waals surface area contributed by atoms with Gasteiger partial charge in [0, 0.05) is 12.6 Å². The highest BCUT2D eigenvalue weighted by Gasteiger charge is 2.26. The van der Waals surface area contributed by atoms with Crippen LogP contribution >= 0.6 is 0 Å². The van der Waals surface area contributed by atoms with Gasteiger partial charge in [-0.25, -0.2) is 9.18 Å². The van der Waals surface area contributed by atoms with Crippen LogP contribution in [0, 0.1) is 5.82 Å². The molecule has 1 fully saturated rings. The zero-order valence-electron chi connectivity index (χ0n) is 12.7. The second kappa shape index (κ2) is 6.43. The Labute approximate surface area is 124 Å². The zero-order valence-corrected chi connectivity index (χ0v) is 12.7. The first-order valence-electron chi connectivity index (χ1n) is 7.20. The summed E-state index contributed by atoms with van der Waals surface area (Å²) in [7, 11) is 0. The number of carbonyl (C=O) groups excluding carboxylic acids is 1. The van der Waals surface area contributed by atoms with Crippen LogP contribution in [-0.4, -0.2) is 24.3 Å². The Morgan fingerprint density at radius 2 is 2.00 bits per heavy atom. The van der Waals surface area contributed by atoms with Gasteiger partial charge in [0.05, 0.1) is 6.10 Å². The minimum atomic E-state index is -0.508. The molecule has 1 amide bonds. The first kappa shape index (κ1) is 15.8. The number of alkyl carbamates (subject to hydrolysis) is 1. The molecule has 4 nitrogen and oxygen atoms in total. The predicted molar refractivity (Wildman–Crippen MR) is 77.5 cm³/mol. The lowest BCUT2D eigenvalue weighted by Crippen LogP contribution is -2.42. The van der Waals surface area contributed by atoms with Crippen LogP contribution in [0.1, 0.15) is 45.3 Å². The van der Waals surface area contributed by atoms with Crippen molar-refractivity contribution in [3.8, 4) is 0 Å². The van der Waals surface area contributed by atoms with Crippen molar-refractivity contribution < 1.29 is 18.7 Å². The van der Waals surface area contributed by atoms with E-state index in [2.05, 4.69) is 5.32 Å². The molecule has 1 saturated heterocycles. The lowest BCUT2D eigenvalue weighted by molar-refractivity contribution is -0.00413. The Hall–Kier alpha value is -1.62. The lowest BCUT2D eigenvalue weighted by Gasteiger charge is -2.31. The number of halogens is 1. The van der Waals surface area contributed by atoms with Crippen molar-refractivity contribution in [3.05, 3.63) is 35.6 Å². The third-order valence-electron chi connectivity index (χ3n) is 3.25. The van der Waals surface area contributed by atoms with Crippen molar-refractivity contribution in [2.24, 2.45) is 0 Å². The van der Waals surface area contributed by atoms with Crippen molar-refractivity contribution >= 4 is 6.09 Å². The van der Waals surface area contributed by atoms with Gasteiger partial charge in [-0.1, -0.05) is 12.1 Å². The summed E-state index contributed by atoms with van der Waals surface area (Å²) >= 11 is 0. The average Bonchev–Trinajstić information content (AvgIpc) is 2.37. The molecular weight excluding hydrogens is 273 g/mol. The molecule has 116 valence electrons. The number of ether oxygens (including phenoxy) is 2. The Kier molecular flexibility index (Phi) is 4.83. The number of benzene rings is 1. The molecule has 0 aliphatic carbocycles. The molecule has 0 bridgehead atoms. The van der Waals surface area contributed by atoms with Gasteiger partial charge in [-0.3, -0.25) is 0 Å². The molecule has 1 N–H and O–H groups in total. The quantitative estimate of drug-likeness (QED) is 0.907. The monoisotopic (exact) mass is 295 g/mol. The van der Waals surface area contributed by atoms with E-state index >= 15 is 0 Å². The fourth-order valence-corrected chi connectivity index (χ4v) is 2.31. The molecule has 1 aromatic rings. The first-order chi connectivity index (χ1) is 9.83. The van der Waals surface area contributed by atoms with Crippen LogP contribution in [0.3, 0.4) is 0 Å². The second-order valence-electron chi connectivity index (χ2n) is 6.28. The van der Waals surface area contributed by atoms with Gasteiger partial charge in [-0.2, -0.15) is 0 Å². The molecule has 1 heterocycles. The predicted octanol–water partition coefficient (Wildman–Crippen LogP) is 3.57. The standard InChI is InChI=1S/C16H22FNO3/c1-16(2,3)21-15(19)18-13-8-9-20-14(10-13)11-4-6-12(17)7-5-11/h4-7,13-14H,8-10H2,1-3H3,(H,18,19)/t13-,14+/m1/s1. The molecule has 0 unspecified atom stereocenters. The maximum Gasteiger partial charge on any atom is 0.407 e. The zero-order chi connectivity index (χ0) is 15.5. The average molecular weight is 295 g/mol. The van der Waals surface area contributed by atoms with Crippen molar-refractivity contribution in [2.75, 3.05) is 6.61 Å². The Balaban J connectivity index is 1.91. The van der Waals surface area contributed by atoms with Gasteiger partial charge < -0.3 is 14.8 Å². The highest BCUT2D eigenvalue weighted by molar-refractivity contribution is 5.68. The van der Waals surface area contributed by atoms with E-state index in [1.165, 1.54) is 12.1 Å². The van der Waals surface area contributed by atoms with Crippen LogP contribution in [0.2, 0.25) is 0 Å². The summed E-state index contributed by atoms with van der Waals surface area (Å²) in [5, 5.41) is 2.87. The molecule has 2 atom stereocenters. The molecule has 21 heavy (non-hydrogen) atoms. The highest BCUT2D eigenvalue weighted by Crippen LogP contribution is 2.28. The SMILES string of the molecule is CC(C)(C)OC(=O)N[C@@H]1CCO[C@H](c2ccc(F)cc2)C1. The number of rotatable bonds is 2. The number of amides is 1. The Morgan fingerprint density at radius 3 is 2.62 bits per heavy atom. The first-order valence-corrected chi connectivity index (χ1v) is 7.20. The largest absolute Gasteiger partial charge is 0.444 e. The van der Waals surface area contributed by atoms with Crippen molar-refractivity contribution in [1.82, 2.24) is 5.32 Å². The molecule has 0 spiro atoms. The summed E-state index contributed by atoms with van der Waals surface area (Å²) in [5.41, 5.74) is 0.415. The lowest BCUT2D eigenvalue weighted by atomic mass is 9.97. The molecule has 0 radical (unpaired) electrons. The van der Waals surface area contributed by atoms with Crippen molar-refractivity contribution in [1.29, 1.82) is 0 Å². The van der Waals surface area contributed by atoms with Gasteiger partial charge >= 0.3 is 6.09 Å². The Bertz CT molecular complexity index is 481. The van der Waals surface area contributed by atoms with E-state index in [1.54, 1.807) is 12.1 Å². The minimum Gasteiger partial charge on any atom is -0.444 e. The van der Waals surface area contributed by atoms with Crippen LogP contribution in [0.4, 0.5) is 9.18 Å². The molecule has 5 heteroatoms. The molecule has 0 aromatic heterocycles. The van der Waals surface area contributed by atoms with E-state index in [-0.39, 0.29) is 18.0 Å². The minimum absolute atomic E-state index is 0.00338. The summed E-state index contributed by atoms with van der Waals surface area (Å²) in [5.74, 6) is -0.266. The number of hydrogen-bond acceptors (Lipinski definition) is 3. The fraction of sp³-hybridized carbons (Fsp3) is 0.562. The van der Waals surface area contributed by atoms with E-state index in [1.807, 2.05) is 20.8 Å². The maximum absolute atomic E-state index is 12.9. The van der Waals surface area contributed by atoms with Crippen LogP contribution < -0.4 is 5.32 Å². The van der Waals surface area contributed by atoms with Crippen molar-refractivity contribution in [3.63, 3.8) is 0 Å². The van der Waals surface area contributed by atoms with Crippen LogP contribution in [0.5, 0.6) is 0 Å². The Morgan fingerprint density at radius 1 is 1.33 bits per heavy atom. The van der Waals surface area contributed by atoms with Crippen molar-refractivity contribution in [2.45, 2.75) is 51.4 Å². The van der Waals surface area contributed by atoms with E-state index < -0.39 is 11.7 Å². The van der Waals surface area contributed by atoms with Gasteiger partial charge in [0.2, 0.25) is 0 Å².